The van der Waals surface area contributed by atoms with E-state index in [9.17, 15) is 14.7 Å². The average Bonchev–Trinajstić information content (AvgIpc) is 2.52. The van der Waals surface area contributed by atoms with Crippen molar-refractivity contribution in [2.75, 3.05) is 19.7 Å². The molecule has 2 rings (SSSR count). The highest BCUT2D eigenvalue weighted by Crippen LogP contribution is 2.28. The molecule has 1 saturated heterocycles. The molecule has 2 amide bonds. The molecule has 6 nitrogen and oxygen atoms in total. The minimum Gasteiger partial charge on any atom is -0.483 e. The van der Waals surface area contributed by atoms with Crippen LogP contribution in [0.5, 0.6) is 5.75 Å². The zero-order chi connectivity index (χ0) is 17.9. The van der Waals surface area contributed by atoms with E-state index in [0.717, 1.165) is 11.1 Å². The largest absolute Gasteiger partial charge is 0.483 e. The van der Waals surface area contributed by atoms with Crippen LogP contribution in [0.2, 0.25) is 0 Å². The number of nitrogens with two attached hydrogens (primary N) is 1. The number of likely N-dealkylation sites (tertiary alicyclic amines) is 1. The van der Waals surface area contributed by atoms with Crippen molar-refractivity contribution in [3.63, 3.8) is 0 Å². The van der Waals surface area contributed by atoms with Gasteiger partial charge in [0.1, 0.15) is 5.75 Å². The normalized spacial score (nSPS) is 21.0. The molecule has 0 saturated carbocycles. The summed E-state index contributed by atoms with van der Waals surface area (Å²) in [6.45, 7) is 6.39. The minimum absolute atomic E-state index is 0.0740. The number of benzene rings is 1. The van der Waals surface area contributed by atoms with Crippen molar-refractivity contribution in [3.05, 3.63) is 29.3 Å². The van der Waals surface area contributed by atoms with Crippen LogP contribution < -0.4 is 10.5 Å². The second kappa shape index (κ2) is 7.21. The number of ether oxygens (including phenoxy) is 1. The van der Waals surface area contributed by atoms with Crippen LogP contribution in [0.15, 0.2) is 18.2 Å². The molecule has 24 heavy (non-hydrogen) atoms. The van der Waals surface area contributed by atoms with Gasteiger partial charge in [-0.2, -0.15) is 0 Å². The number of aryl methyl sites for hydroxylation is 1. The lowest BCUT2D eigenvalue weighted by Crippen LogP contribution is -2.57. The van der Waals surface area contributed by atoms with Crippen molar-refractivity contribution < 1.29 is 19.4 Å². The Hall–Kier alpha value is -2.08. The number of carbonyl (C=O) groups excluding carboxylic acids is 2. The van der Waals surface area contributed by atoms with Gasteiger partial charge >= 0.3 is 0 Å². The maximum absolute atomic E-state index is 12.4. The number of nitrogens with zero attached hydrogens (tertiary/aromatic N) is 1. The Kier molecular flexibility index (Phi) is 5.49. The summed E-state index contributed by atoms with van der Waals surface area (Å²) >= 11 is 0. The molecular formula is C18H26N2O4. The molecule has 1 atom stereocenters. The summed E-state index contributed by atoms with van der Waals surface area (Å²) in [6.07, 6.45) is 0.815. The molecule has 0 aliphatic carbocycles. The van der Waals surface area contributed by atoms with E-state index in [1.807, 2.05) is 25.1 Å². The Morgan fingerprint density at radius 2 is 2.12 bits per heavy atom. The highest BCUT2D eigenvalue weighted by atomic mass is 16.5. The van der Waals surface area contributed by atoms with Gasteiger partial charge in [-0.25, -0.2) is 0 Å². The summed E-state index contributed by atoms with van der Waals surface area (Å²) in [6, 6.07) is 5.94. The minimum atomic E-state index is -1.64. The number of hydrogen-bond donors (Lipinski definition) is 2. The standard InChI is InChI=1S/C18H26N2O4/c1-12(2)14-6-5-13(3)9-15(14)24-10-16(21)20-8-4-7-18(23,11-20)17(19)22/h5-6,9,12,23H,4,7-8,10-11H2,1-3H3,(H2,19,22). The van der Waals surface area contributed by atoms with E-state index < -0.39 is 11.5 Å². The SMILES string of the molecule is Cc1ccc(C(C)C)c(OCC(=O)N2CCCC(O)(C(N)=O)C2)c1. The summed E-state index contributed by atoms with van der Waals surface area (Å²) in [4.78, 5) is 25.2. The lowest BCUT2D eigenvalue weighted by molar-refractivity contribution is -0.150. The first-order valence-electron chi connectivity index (χ1n) is 8.26. The zero-order valence-electron chi connectivity index (χ0n) is 14.5. The maximum Gasteiger partial charge on any atom is 0.260 e. The van der Waals surface area contributed by atoms with Crippen molar-refractivity contribution in [2.45, 2.75) is 45.1 Å². The number of primary amides is 1. The van der Waals surface area contributed by atoms with Gasteiger partial charge in [0.2, 0.25) is 0 Å². The Bertz CT molecular complexity index is 629. The molecule has 0 radical (unpaired) electrons. The van der Waals surface area contributed by atoms with Crippen molar-refractivity contribution in [1.82, 2.24) is 4.90 Å². The fraction of sp³-hybridized carbons (Fsp3) is 0.556. The van der Waals surface area contributed by atoms with Crippen LogP contribution in [0.1, 0.15) is 43.7 Å². The van der Waals surface area contributed by atoms with E-state index in [2.05, 4.69) is 13.8 Å². The number of rotatable bonds is 5. The van der Waals surface area contributed by atoms with Gasteiger partial charge in [-0.05, 0) is 42.9 Å². The predicted molar refractivity (Wildman–Crippen MR) is 90.7 cm³/mol. The third-order valence-corrected chi connectivity index (χ3v) is 4.42. The quantitative estimate of drug-likeness (QED) is 0.850. The van der Waals surface area contributed by atoms with Crippen molar-refractivity contribution in [1.29, 1.82) is 0 Å². The molecule has 0 aromatic heterocycles. The molecule has 1 aliphatic rings. The molecule has 1 fully saturated rings. The Morgan fingerprint density at radius 3 is 2.75 bits per heavy atom. The molecule has 3 N–H and O–H groups in total. The van der Waals surface area contributed by atoms with Gasteiger partial charge in [0.05, 0.1) is 6.54 Å². The van der Waals surface area contributed by atoms with Gasteiger partial charge in [-0.3, -0.25) is 9.59 Å². The van der Waals surface area contributed by atoms with Crippen LogP contribution in [0.3, 0.4) is 0 Å². The van der Waals surface area contributed by atoms with E-state index in [-0.39, 0.29) is 31.4 Å². The fourth-order valence-corrected chi connectivity index (χ4v) is 2.92. The third-order valence-electron chi connectivity index (χ3n) is 4.42. The number of hydrogen-bond acceptors (Lipinski definition) is 4. The van der Waals surface area contributed by atoms with Crippen LogP contribution >= 0.6 is 0 Å². The van der Waals surface area contributed by atoms with Crippen LogP contribution in [-0.2, 0) is 9.59 Å². The summed E-state index contributed by atoms with van der Waals surface area (Å²) in [5, 5.41) is 10.2. The zero-order valence-corrected chi connectivity index (χ0v) is 14.5. The smallest absolute Gasteiger partial charge is 0.260 e. The number of amides is 2. The van der Waals surface area contributed by atoms with Crippen molar-refractivity contribution in [2.24, 2.45) is 5.73 Å². The van der Waals surface area contributed by atoms with Gasteiger partial charge in [-0.1, -0.05) is 26.0 Å². The topological polar surface area (TPSA) is 92.9 Å². The molecule has 1 aromatic carbocycles. The van der Waals surface area contributed by atoms with Gasteiger partial charge in [-0.15, -0.1) is 0 Å². The molecule has 6 heteroatoms. The van der Waals surface area contributed by atoms with Gasteiger partial charge in [0, 0.05) is 6.54 Å². The summed E-state index contributed by atoms with van der Waals surface area (Å²) < 4.78 is 5.73. The molecule has 1 heterocycles. The highest BCUT2D eigenvalue weighted by Gasteiger charge is 2.40. The first-order valence-corrected chi connectivity index (χ1v) is 8.26. The molecule has 1 aromatic rings. The first kappa shape index (κ1) is 18.3. The predicted octanol–water partition coefficient (Wildman–Crippen LogP) is 1.34. The van der Waals surface area contributed by atoms with E-state index in [1.165, 1.54) is 4.90 Å². The number of aliphatic hydroxyl groups is 1. The molecule has 132 valence electrons. The third kappa shape index (κ3) is 4.06. The first-order chi connectivity index (χ1) is 11.2. The lowest BCUT2D eigenvalue weighted by Gasteiger charge is -2.37. The number of piperidine rings is 1. The molecule has 0 bridgehead atoms. The highest BCUT2D eigenvalue weighted by molar-refractivity contribution is 5.85. The fourth-order valence-electron chi connectivity index (χ4n) is 2.92. The Morgan fingerprint density at radius 1 is 1.42 bits per heavy atom. The Balaban J connectivity index is 2.03. The van der Waals surface area contributed by atoms with Crippen LogP contribution in [0.25, 0.3) is 0 Å². The van der Waals surface area contributed by atoms with Crippen molar-refractivity contribution >= 4 is 11.8 Å². The molecular weight excluding hydrogens is 308 g/mol. The van der Waals surface area contributed by atoms with E-state index in [4.69, 9.17) is 10.5 Å². The summed E-state index contributed by atoms with van der Waals surface area (Å²) in [5.41, 5.74) is 5.70. The van der Waals surface area contributed by atoms with Crippen molar-refractivity contribution in [3.8, 4) is 5.75 Å². The average molecular weight is 334 g/mol. The Labute approximate surface area is 142 Å². The number of β-amino-alcohol motifs (C(OH)–C–C–N with tert-alkyl or cyclic N) is 1. The van der Waals surface area contributed by atoms with E-state index in [0.29, 0.717) is 18.7 Å². The molecule has 1 unspecified atom stereocenters. The van der Waals surface area contributed by atoms with E-state index in [1.54, 1.807) is 0 Å². The molecule has 1 aliphatic heterocycles. The van der Waals surface area contributed by atoms with Crippen LogP contribution in [-0.4, -0.2) is 47.1 Å². The lowest BCUT2D eigenvalue weighted by atomic mass is 9.92. The maximum atomic E-state index is 12.4. The van der Waals surface area contributed by atoms with E-state index >= 15 is 0 Å². The second-order valence-electron chi connectivity index (χ2n) is 6.80. The second-order valence-corrected chi connectivity index (χ2v) is 6.80. The van der Waals surface area contributed by atoms with Gasteiger partial charge in [0.15, 0.2) is 12.2 Å². The van der Waals surface area contributed by atoms with Crippen LogP contribution in [0.4, 0.5) is 0 Å². The van der Waals surface area contributed by atoms with Gasteiger partial charge in [0.25, 0.3) is 11.8 Å². The molecule has 0 spiro atoms. The summed E-state index contributed by atoms with van der Waals surface area (Å²) in [5.74, 6) is -0.0709. The monoisotopic (exact) mass is 334 g/mol. The number of carbonyl (C=O) groups is 2. The van der Waals surface area contributed by atoms with Crippen LogP contribution in [0, 0.1) is 6.92 Å². The van der Waals surface area contributed by atoms with Gasteiger partial charge < -0.3 is 20.5 Å². The summed E-state index contributed by atoms with van der Waals surface area (Å²) in [7, 11) is 0.